The van der Waals surface area contributed by atoms with Crippen LogP contribution in [0.4, 0.5) is 0 Å². The smallest absolute Gasteiger partial charge is 0.0997 e. The van der Waals surface area contributed by atoms with Crippen molar-refractivity contribution in [2.45, 2.75) is 33.2 Å². The Balaban J connectivity index is 2.37. The molecule has 3 nitrogen and oxygen atoms in total. The Morgan fingerprint density at radius 2 is 2.11 bits per heavy atom. The number of aryl methyl sites for hydroxylation is 1. The normalized spacial score (nSPS) is 12.7. The summed E-state index contributed by atoms with van der Waals surface area (Å²) in [4.78, 5) is 4.32. The quantitative estimate of drug-likeness (QED) is 0.946. The van der Waals surface area contributed by atoms with Crippen LogP contribution in [-0.2, 0) is 6.42 Å². The number of halogens is 1. The first kappa shape index (κ1) is 13.3. The molecule has 4 heteroatoms. The molecule has 0 amide bonds. The molecule has 1 atom stereocenters. The molecule has 1 unspecified atom stereocenters. The maximum absolute atomic E-state index is 5.83. The highest BCUT2D eigenvalue weighted by Crippen LogP contribution is 2.23. The van der Waals surface area contributed by atoms with Gasteiger partial charge in [0.1, 0.15) is 0 Å². The highest BCUT2D eigenvalue weighted by Gasteiger charge is 2.08. The van der Waals surface area contributed by atoms with Crippen molar-refractivity contribution in [2.75, 3.05) is 0 Å². The van der Waals surface area contributed by atoms with Crippen LogP contribution >= 0.6 is 15.9 Å². The third-order valence-electron chi connectivity index (χ3n) is 3.11. The van der Waals surface area contributed by atoms with E-state index in [0.717, 1.165) is 22.3 Å². The van der Waals surface area contributed by atoms with Crippen LogP contribution in [-0.4, -0.2) is 15.6 Å². The third kappa shape index (κ3) is 2.65. The zero-order valence-electron chi connectivity index (χ0n) is 10.9. The molecule has 0 aliphatic rings. The van der Waals surface area contributed by atoms with Crippen molar-refractivity contribution in [3.8, 4) is 5.69 Å². The second-order valence-corrected chi connectivity index (χ2v) is 5.60. The lowest BCUT2D eigenvalue weighted by molar-refractivity contribution is 0.735. The van der Waals surface area contributed by atoms with E-state index in [0.29, 0.717) is 0 Å². The summed E-state index contributed by atoms with van der Waals surface area (Å²) in [5.74, 6) is 0. The Morgan fingerprint density at radius 3 is 2.61 bits per heavy atom. The lowest BCUT2D eigenvalue weighted by Gasteiger charge is -2.11. The molecule has 2 rings (SSSR count). The molecule has 0 saturated carbocycles. The molecular weight excluding hydrogens is 290 g/mol. The predicted molar refractivity (Wildman–Crippen MR) is 78.1 cm³/mol. The van der Waals surface area contributed by atoms with Gasteiger partial charge < -0.3 is 10.3 Å². The Bertz CT molecular complexity index is 558. The van der Waals surface area contributed by atoms with E-state index < -0.39 is 0 Å². The van der Waals surface area contributed by atoms with Crippen LogP contribution < -0.4 is 5.73 Å². The highest BCUT2D eigenvalue weighted by molar-refractivity contribution is 9.10. The first-order chi connectivity index (χ1) is 8.49. The van der Waals surface area contributed by atoms with Crippen molar-refractivity contribution in [1.82, 2.24) is 9.55 Å². The number of nitrogens with two attached hydrogens (primary N) is 1. The number of nitrogens with zero attached hydrogens (tertiary/aromatic N) is 2. The lowest BCUT2D eigenvalue weighted by Crippen LogP contribution is -2.18. The van der Waals surface area contributed by atoms with Gasteiger partial charge in [-0.1, -0.05) is 22.0 Å². The number of hydrogen-bond donors (Lipinski definition) is 1. The highest BCUT2D eigenvalue weighted by atomic mass is 79.9. The van der Waals surface area contributed by atoms with Gasteiger partial charge in [0.05, 0.1) is 12.0 Å². The topological polar surface area (TPSA) is 43.8 Å². The monoisotopic (exact) mass is 307 g/mol. The summed E-state index contributed by atoms with van der Waals surface area (Å²) >= 11 is 3.61. The largest absolute Gasteiger partial charge is 0.328 e. The number of imidazole rings is 1. The van der Waals surface area contributed by atoms with Gasteiger partial charge in [0.2, 0.25) is 0 Å². The second kappa shape index (κ2) is 5.24. The summed E-state index contributed by atoms with van der Waals surface area (Å²) in [6, 6.07) is 6.52. The summed E-state index contributed by atoms with van der Waals surface area (Å²) in [7, 11) is 0. The van der Waals surface area contributed by atoms with E-state index in [1.165, 1.54) is 11.3 Å². The maximum atomic E-state index is 5.83. The minimum absolute atomic E-state index is 0.171. The number of aromatic nitrogens is 2. The van der Waals surface area contributed by atoms with E-state index in [2.05, 4.69) is 50.6 Å². The predicted octanol–water partition coefficient (Wildman–Crippen LogP) is 3.14. The van der Waals surface area contributed by atoms with E-state index in [1.54, 1.807) is 0 Å². The van der Waals surface area contributed by atoms with Crippen LogP contribution in [0.25, 0.3) is 5.69 Å². The van der Waals surface area contributed by atoms with E-state index in [9.17, 15) is 0 Å². The fourth-order valence-corrected chi connectivity index (χ4v) is 2.49. The van der Waals surface area contributed by atoms with Crippen molar-refractivity contribution in [2.24, 2.45) is 5.73 Å². The number of benzene rings is 1. The summed E-state index contributed by atoms with van der Waals surface area (Å²) in [6.07, 6.45) is 2.74. The third-order valence-corrected chi connectivity index (χ3v) is 3.85. The Morgan fingerprint density at radius 1 is 1.39 bits per heavy atom. The molecule has 2 aromatic rings. The SMILES string of the molecule is Cc1ncn(-c2ccc(CC(C)N)c(Br)c2)c1C. The van der Waals surface area contributed by atoms with Crippen molar-refractivity contribution in [1.29, 1.82) is 0 Å². The standard InChI is InChI=1S/C14H18BrN3/c1-9(16)6-12-4-5-13(7-14(12)15)18-8-17-10(2)11(18)3/h4-5,7-9H,6,16H2,1-3H3. The molecule has 0 fully saturated rings. The van der Waals surface area contributed by atoms with Gasteiger partial charge in [-0.25, -0.2) is 4.98 Å². The number of rotatable bonds is 3. The van der Waals surface area contributed by atoms with Gasteiger partial charge >= 0.3 is 0 Å². The Hall–Kier alpha value is -1.13. The fourth-order valence-electron chi connectivity index (χ4n) is 1.96. The molecule has 0 spiro atoms. The summed E-state index contributed by atoms with van der Waals surface area (Å²) in [6.45, 7) is 6.11. The average Bonchev–Trinajstić information content (AvgIpc) is 2.62. The van der Waals surface area contributed by atoms with E-state index in [1.807, 2.05) is 20.2 Å². The van der Waals surface area contributed by atoms with Gasteiger partial charge in [-0.2, -0.15) is 0 Å². The zero-order chi connectivity index (χ0) is 13.3. The van der Waals surface area contributed by atoms with Gasteiger partial charge in [0, 0.05) is 21.9 Å². The van der Waals surface area contributed by atoms with Crippen LogP contribution in [0, 0.1) is 13.8 Å². The lowest BCUT2D eigenvalue weighted by atomic mass is 10.1. The molecule has 0 bridgehead atoms. The molecule has 1 aromatic carbocycles. The maximum Gasteiger partial charge on any atom is 0.0997 e. The van der Waals surface area contributed by atoms with Gasteiger partial charge in [0.15, 0.2) is 0 Å². The molecule has 1 aromatic heterocycles. The van der Waals surface area contributed by atoms with Crippen LogP contribution in [0.3, 0.4) is 0 Å². The second-order valence-electron chi connectivity index (χ2n) is 4.74. The van der Waals surface area contributed by atoms with E-state index in [4.69, 9.17) is 5.73 Å². The minimum Gasteiger partial charge on any atom is -0.328 e. The Kier molecular flexibility index (Phi) is 3.88. The van der Waals surface area contributed by atoms with Crippen molar-refractivity contribution >= 4 is 15.9 Å². The van der Waals surface area contributed by atoms with Gasteiger partial charge in [-0.3, -0.25) is 0 Å². The first-order valence-corrected chi connectivity index (χ1v) is 6.83. The first-order valence-electron chi connectivity index (χ1n) is 6.04. The van der Waals surface area contributed by atoms with Gasteiger partial charge in [-0.05, 0) is 44.9 Å². The molecule has 0 aliphatic carbocycles. The molecule has 2 N–H and O–H groups in total. The van der Waals surface area contributed by atoms with Crippen LogP contribution in [0.1, 0.15) is 23.9 Å². The van der Waals surface area contributed by atoms with Crippen molar-refractivity contribution in [3.63, 3.8) is 0 Å². The van der Waals surface area contributed by atoms with Crippen LogP contribution in [0.15, 0.2) is 29.0 Å². The Labute approximate surface area is 116 Å². The molecule has 96 valence electrons. The molecule has 0 saturated heterocycles. The zero-order valence-corrected chi connectivity index (χ0v) is 12.5. The molecule has 0 aliphatic heterocycles. The summed E-state index contributed by atoms with van der Waals surface area (Å²) in [5.41, 5.74) is 10.4. The van der Waals surface area contributed by atoms with Crippen molar-refractivity contribution in [3.05, 3.63) is 46.0 Å². The average molecular weight is 308 g/mol. The minimum atomic E-state index is 0.171. The van der Waals surface area contributed by atoms with Crippen molar-refractivity contribution < 1.29 is 0 Å². The molecule has 18 heavy (non-hydrogen) atoms. The number of hydrogen-bond acceptors (Lipinski definition) is 2. The molecular formula is C14H18BrN3. The van der Waals surface area contributed by atoms with Crippen LogP contribution in [0.5, 0.6) is 0 Å². The fraction of sp³-hybridized carbons (Fsp3) is 0.357. The van der Waals surface area contributed by atoms with Gasteiger partial charge in [0.25, 0.3) is 0 Å². The summed E-state index contributed by atoms with van der Waals surface area (Å²) in [5, 5.41) is 0. The summed E-state index contributed by atoms with van der Waals surface area (Å²) < 4.78 is 3.19. The van der Waals surface area contributed by atoms with E-state index >= 15 is 0 Å². The van der Waals surface area contributed by atoms with E-state index in [-0.39, 0.29) is 6.04 Å². The van der Waals surface area contributed by atoms with Gasteiger partial charge in [-0.15, -0.1) is 0 Å². The molecule has 1 heterocycles. The molecule has 0 radical (unpaired) electrons. The van der Waals surface area contributed by atoms with Crippen LogP contribution in [0.2, 0.25) is 0 Å².